The molecule has 3 heterocycles. The lowest BCUT2D eigenvalue weighted by Crippen LogP contribution is -2.59. The summed E-state index contributed by atoms with van der Waals surface area (Å²) in [7, 11) is 0. The Hall–Kier alpha value is -0.820. The molecule has 1 aromatic rings. The molecule has 2 fully saturated rings. The first-order chi connectivity index (χ1) is 11.1. The SMILES string of the molecule is CC(C)CN1CCN(C(=O)C2(n3cccn3)CCNCC2)CC1.Cl.Cl. The summed E-state index contributed by atoms with van der Waals surface area (Å²) in [6.45, 7) is 11.0. The van der Waals surface area contributed by atoms with Crippen LogP contribution in [0.2, 0.25) is 0 Å². The summed E-state index contributed by atoms with van der Waals surface area (Å²) in [4.78, 5) is 17.9. The second-order valence-corrected chi connectivity index (χ2v) is 7.22. The van der Waals surface area contributed by atoms with Crippen molar-refractivity contribution in [2.45, 2.75) is 32.2 Å². The molecule has 3 rings (SSSR count). The minimum atomic E-state index is -0.491. The number of rotatable bonds is 4. The first-order valence-electron chi connectivity index (χ1n) is 8.84. The fourth-order valence-corrected chi connectivity index (χ4v) is 3.85. The molecular weight excluding hydrogens is 361 g/mol. The average molecular weight is 392 g/mol. The largest absolute Gasteiger partial charge is 0.338 e. The predicted molar refractivity (Wildman–Crippen MR) is 105 cm³/mol. The summed E-state index contributed by atoms with van der Waals surface area (Å²) in [5.74, 6) is 0.934. The maximum atomic E-state index is 13.3. The highest BCUT2D eigenvalue weighted by molar-refractivity contribution is 5.86. The van der Waals surface area contributed by atoms with Gasteiger partial charge in [-0.15, -0.1) is 24.8 Å². The second-order valence-electron chi connectivity index (χ2n) is 7.22. The van der Waals surface area contributed by atoms with Gasteiger partial charge >= 0.3 is 0 Å². The number of halogens is 2. The van der Waals surface area contributed by atoms with E-state index in [-0.39, 0.29) is 30.7 Å². The molecule has 0 aromatic carbocycles. The van der Waals surface area contributed by atoms with Crippen LogP contribution in [0.1, 0.15) is 26.7 Å². The molecule has 2 aliphatic rings. The lowest BCUT2D eigenvalue weighted by molar-refractivity contribution is -0.145. The van der Waals surface area contributed by atoms with E-state index in [1.807, 2.05) is 16.9 Å². The Morgan fingerprint density at radius 2 is 1.80 bits per heavy atom. The van der Waals surface area contributed by atoms with Crippen LogP contribution in [-0.4, -0.2) is 71.3 Å². The average Bonchev–Trinajstić information content (AvgIpc) is 3.10. The number of hydrogen-bond acceptors (Lipinski definition) is 4. The fourth-order valence-electron chi connectivity index (χ4n) is 3.85. The monoisotopic (exact) mass is 391 g/mol. The smallest absolute Gasteiger partial charge is 0.250 e. The van der Waals surface area contributed by atoms with Crippen LogP contribution in [0.4, 0.5) is 0 Å². The van der Waals surface area contributed by atoms with Crippen LogP contribution in [0, 0.1) is 5.92 Å². The van der Waals surface area contributed by atoms with Crippen LogP contribution < -0.4 is 5.32 Å². The maximum absolute atomic E-state index is 13.3. The fraction of sp³-hybridized carbons (Fsp3) is 0.765. The van der Waals surface area contributed by atoms with Gasteiger partial charge in [0.1, 0.15) is 5.54 Å². The third kappa shape index (κ3) is 4.88. The van der Waals surface area contributed by atoms with Crippen LogP contribution in [-0.2, 0) is 10.3 Å². The van der Waals surface area contributed by atoms with E-state index < -0.39 is 5.54 Å². The molecule has 0 saturated carbocycles. The van der Waals surface area contributed by atoms with E-state index in [2.05, 4.69) is 34.1 Å². The number of carbonyl (C=O) groups excluding carboxylic acids is 1. The number of nitrogens with zero attached hydrogens (tertiary/aromatic N) is 4. The number of carbonyl (C=O) groups is 1. The van der Waals surface area contributed by atoms with E-state index >= 15 is 0 Å². The Balaban J connectivity index is 0.00000156. The van der Waals surface area contributed by atoms with Crippen molar-refractivity contribution in [3.05, 3.63) is 18.5 Å². The quantitative estimate of drug-likeness (QED) is 0.846. The molecule has 1 aromatic heterocycles. The van der Waals surface area contributed by atoms with Crippen LogP contribution in [0.3, 0.4) is 0 Å². The second kappa shape index (κ2) is 9.76. The molecule has 0 atom stereocenters. The number of aromatic nitrogens is 2. The van der Waals surface area contributed by atoms with Gasteiger partial charge < -0.3 is 10.2 Å². The Kier molecular flexibility index (Phi) is 8.68. The van der Waals surface area contributed by atoms with Gasteiger partial charge in [-0.3, -0.25) is 14.4 Å². The molecule has 8 heteroatoms. The van der Waals surface area contributed by atoms with Crippen LogP contribution >= 0.6 is 24.8 Å². The molecule has 0 aliphatic carbocycles. The minimum absolute atomic E-state index is 0. The summed E-state index contributed by atoms with van der Waals surface area (Å²) >= 11 is 0. The van der Waals surface area contributed by atoms with Crippen molar-refractivity contribution in [2.75, 3.05) is 45.8 Å². The van der Waals surface area contributed by atoms with Gasteiger partial charge in [-0.1, -0.05) is 13.8 Å². The van der Waals surface area contributed by atoms with Gasteiger partial charge in [0.25, 0.3) is 5.91 Å². The van der Waals surface area contributed by atoms with E-state index in [1.54, 1.807) is 6.20 Å². The van der Waals surface area contributed by atoms with Gasteiger partial charge in [-0.05, 0) is 37.9 Å². The molecule has 6 nitrogen and oxygen atoms in total. The number of piperazine rings is 1. The number of hydrogen-bond donors (Lipinski definition) is 1. The maximum Gasteiger partial charge on any atom is 0.250 e. The predicted octanol–water partition coefficient (Wildman–Crippen LogP) is 1.61. The Morgan fingerprint density at radius 1 is 1.16 bits per heavy atom. The zero-order chi connectivity index (χ0) is 16.3. The van der Waals surface area contributed by atoms with Crippen molar-refractivity contribution in [2.24, 2.45) is 5.92 Å². The Morgan fingerprint density at radius 3 is 2.32 bits per heavy atom. The molecule has 2 aliphatic heterocycles. The van der Waals surface area contributed by atoms with E-state index in [9.17, 15) is 4.79 Å². The zero-order valence-corrected chi connectivity index (χ0v) is 16.8. The first-order valence-corrected chi connectivity index (χ1v) is 8.84. The molecule has 0 bridgehead atoms. The summed E-state index contributed by atoms with van der Waals surface area (Å²) < 4.78 is 1.90. The van der Waals surface area contributed by atoms with E-state index in [0.29, 0.717) is 5.92 Å². The van der Waals surface area contributed by atoms with Gasteiger partial charge in [0.15, 0.2) is 0 Å². The summed E-state index contributed by atoms with van der Waals surface area (Å²) in [5.41, 5.74) is -0.491. The molecule has 1 N–H and O–H groups in total. The van der Waals surface area contributed by atoms with Crippen molar-refractivity contribution in [1.29, 1.82) is 0 Å². The lowest BCUT2D eigenvalue weighted by Gasteiger charge is -2.43. The molecule has 0 spiro atoms. The van der Waals surface area contributed by atoms with Crippen LogP contribution in [0.25, 0.3) is 0 Å². The molecule has 25 heavy (non-hydrogen) atoms. The number of nitrogens with one attached hydrogen (secondary N) is 1. The topological polar surface area (TPSA) is 53.4 Å². The highest BCUT2D eigenvalue weighted by atomic mass is 35.5. The third-order valence-corrected chi connectivity index (χ3v) is 5.05. The first kappa shape index (κ1) is 22.2. The molecular formula is C17H31Cl2N5O. The van der Waals surface area contributed by atoms with Crippen molar-refractivity contribution < 1.29 is 4.79 Å². The van der Waals surface area contributed by atoms with Crippen molar-refractivity contribution in [1.82, 2.24) is 24.9 Å². The summed E-state index contributed by atoms with van der Waals surface area (Å²) in [6.07, 6.45) is 5.36. The normalized spacial score (nSPS) is 20.7. The van der Waals surface area contributed by atoms with Gasteiger partial charge in [0.05, 0.1) is 0 Å². The standard InChI is InChI=1S/C17H29N5O.2ClH/c1-15(2)14-20-10-12-21(13-11-20)16(23)17(4-7-18-8-5-17)22-9-3-6-19-22;;/h3,6,9,15,18H,4-5,7-8,10-14H2,1-2H3;2*1H. The van der Waals surface area contributed by atoms with Crippen molar-refractivity contribution >= 4 is 30.7 Å². The van der Waals surface area contributed by atoms with Gasteiger partial charge in [-0.25, -0.2) is 0 Å². The van der Waals surface area contributed by atoms with E-state index in [1.165, 1.54) is 0 Å². The van der Waals surface area contributed by atoms with Crippen LogP contribution in [0.15, 0.2) is 18.5 Å². The van der Waals surface area contributed by atoms with E-state index in [4.69, 9.17) is 0 Å². The zero-order valence-electron chi connectivity index (χ0n) is 15.2. The molecule has 0 radical (unpaired) electrons. The number of piperidine rings is 1. The molecule has 144 valence electrons. The lowest BCUT2D eigenvalue weighted by atomic mass is 9.86. The van der Waals surface area contributed by atoms with Crippen molar-refractivity contribution in [3.63, 3.8) is 0 Å². The van der Waals surface area contributed by atoms with Gasteiger partial charge in [0, 0.05) is 45.1 Å². The Bertz CT molecular complexity index is 509. The van der Waals surface area contributed by atoms with Gasteiger partial charge in [0.2, 0.25) is 0 Å². The number of amides is 1. The van der Waals surface area contributed by atoms with Crippen molar-refractivity contribution in [3.8, 4) is 0 Å². The van der Waals surface area contributed by atoms with Crippen LogP contribution in [0.5, 0.6) is 0 Å². The highest BCUT2D eigenvalue weighted by Gasteiger charge is 2.44. The van der Waals surface area contributed by atoms with E-state index in [0.717, 1.165) is 58.7 Å². The molecule has 2 saturated heterocycles. The highest BCUT2D eigenvalue weighted by Crippen LogP contribution is 2.29. The third-order valence-electron chi connectivity index (χ3n) is 5.05. The summed E-state index contributed by atoms with van der Waals surface area (Å²) in [5, 5.41) is 7.78. The summed E-state index contributed by atoms with van der Waals surface area (Å²) in [6, 6.07) is 1.91. The minimum Gasteiger partial charge on any atom is -0.338 e. The Labute approximate surface area is 163 Å². The molecule has 1 amide bonds. The van der Waals surface area contributed by atoms with Gasteiger partial charge in [-0.2, -0.15) is 5.10 Å². The molecule has 0 unspecified atom stereocenters.